The average Bonchev–Trinajstić information content (AvgIpc) is 3.16. The Balaban J connectivity index is 1.44. The largest absolute Gasteiger partial charge is 0.454 e. The Hall–Kier alpha value is -3.85. The molecule has 0 saturated carbocycles. The number of halogens is 1. The third-order valence-electron chi connectivity index (χ3n) is 5.65. The second-order valence-electron chi connectivity index (χ2n) is 8.40. The number of alkyl carbamates (subject to hydrolysis) is 1. The van der Waals surface area contributed by atoms with Gasteiger partial charge in [0.2, 0.25) is 5.85 Å². The molecule has 6 N–H and O–H groups in total. The number of aromatic nitrogens is 2. The molecule has 0 spiro atoms. The molecule has 1 amide bonds. The molecule has 1 unspecified atom stereocenters. The number of para-hydroxylation sites is 1. The summed E-state index contributed by atoms with van der Waals surface area (Å²) in [4.78, 5) is 57.3. The minimum absolute atomic E-state index is 0.250. The first-order valence-electron chi connectivity index (χ1n) is 11.3. The van der Waals surface area contributed by atoms with Crippen molar-refractivity contribution in [1.29, 1.82) is 0 Å². The summed E-state index contributed by atoms with van der Waals surface area (Å²) < 4.78 is 43.1. The summed E-state index contributed by atoms with van der Waals surface area (Å²) in [5, 5.41) is 22.7. The van der Waals surface area contributed by atoms with Gasteiger partial charge in [-0.05, 0) is 24.3 Å². The van der Waals surface area contributed by atoms with Crippen LogP contribution in [0.4, 0.5) is 9.18 Å². The second-order valence-corrected chi connectivity index (χ2v) is 10.0. The number of aliphatic hydroxyl groups excluding tert-OH is 2. The van der Waals surface area contributed by atoms with Gasteiger partial charge in [-0.1, -0.05) is 24.3 Å². The number of hydrogen-bond donors (Lipinski definition) is 6. The fraction of sp³-hybridized carbons (Fsp3) is 0.261. The lowest BCUT2D eigenvalue weighted by molar-refractivity contribution is -0.0391. The lowest BCUT2D eigenvalue weighted by Gasteiger charge is -2.21. The van der Waals surface area contributed by atoms with E-state index in [1.165, 1.54) is 12.1 Å². The summed E-state index contributed by atoms with van der Waals surface area (Å²) in [7, 11) is -5.15. The van der Waals surface area contributed by atoms with Gasteiger partial charge in [0.15, 0.2) is 17.8 Å². The molecule has 4 rings (SSSR count). The summed E-state index contributed by atoms with van der Waals surface area (Å²) >= 11 is 0. The molecule has 16 heteroatoms. The minimum Gasteiger partial charge on any atom is -0.454 e. The van der Waals surface area contributed by atoms with Gasteiger partial charge in [-0.2, -0.15) is 0 Å². The maximum absolute atomic E-state index is 14.3. The SMILES string of the molecule is O=C(NC[C@H]1O[C@@H](n2ccc(=O)[nH]c2=O)[C@H](O)[C@@H]1O)OC(c1ccc(F)c(Oc2ccccc2)c1)P(=O)(O)O. The van der Waals surface area contributed by atoms with E-state index in [2.05, 4.69) is 5.32 Å². The maximum atomic E-state index is 14.3. The van der Waals surface area contributed by atoms with Gasteiger partial charge in [-0.3, -0.25) is 18.9 Å². The first-order chi connectivity index (χ1) is 18.4. The molecule has 0 aliphatic carbocycles. The number of carbonyl (C=O) groups excluding carboxylic acids is 1. The Labute approximate surface area is 218 Å². The number of benzene rings is 2. The van der Waals surface area contributed by atoms with Crippen molar-refractivity contribution in [1.82, 2.24) is 14.9 Å². The third kappa shape index (κ3) is 6.60. The van der Waals surface area contributed by atoms with Crippen molar-refractivity contribution in [3.05, 3.63) is 93.0 Å². The number of nitrogens with one attached hydrogen (secondary N) is 2. The number of aliphatic hydroxyl groups is 2. The van der Waals surface area contributed by atoms with Gasteiger partial charge >= 0.3 is 19.4 Å². The molecule has 1 fully saturated rings. The van der Waals surface area contributed by atoms with Gasteiger partial charge in [0, 0.05) is 24.4 Å². The van der Waals surface area contributed by atoms with E-state index in [9.17, 15) is 43.3 Å². The zero-order valence-electron chi connectivity index (χ0n) is 19.8. The number of amides is 1. The smallest absolute Gasteiger partial charge is 0.408 e. The van der Waals surface area contributed by atoms with Crippen LogP contribution >= 0.6 is 7.60 Å². The normalized spacial score (nSPS) is 21.8. The molecular formula is C23H23FN3O11P. The molecular weight excluding hydrogens is 544 g/mol. The van der Waals surface area contributed by atoms with Crippen LogP contribution in [0.5, 0.6) is 11.5 Å². The van der Waals surface area contributed by atoms with Crippen molar-refractivity contribution in [2.75, 3.05) is 6.54 Å². The van der Waals surface area contributed by atoms with Crippen LogP contribution in [0, 0.1) is 5.82 Å². The number of carbonyl (C=O) groups is 1. The molecule has 2 aromatic carbocycles. The Morgan fingerprint density at radius 2 is 1.85 bits per heavy atom. The molecule has 2 heterocycles. The maximum Gasteiger partial charge on any atom is 0.408 e. The lowest BCUT2D eigenvalue weighted by Crippen LogP contribution is -2.40. The highest BCUT2D eigenvalue weighted by molar-refractivity contribution is 7.52. The molecule has 1 aromatic heterocycles. The standard InChI is InChI=1S/C23H23FN3O11P/c24-14-7-6-12(10-15(14)36-13-4-2-1-3-5-13)21(39(33,34)35)38-23(32)25-11-16-18(29)19(30)20(37-16)27-9-8-17(28)26-22(27)31/h1-10,16,18-21,29-30H,11H2,(H,25,32)(H,26,28,31)(H2,33,34,35)/t16-,18-,19-,20-,21?/m1/s1. The Kier molecular flexibility index (Phi) is 8.30. The summed E-state index contributed by atoms with van der Waals surface area (Å²) in [5.41, 5.74) is -1.87. The fourth-order valence-corrected chi connectivity index (χ4v) is 4.56. The van der Waals surface area contributed by atoms with E-state index < -0.39 is 67.7 Å². The van der Waals surface area contributed by atoms with Crippen LogP contribution in [-0.2, 0) is 14.0 Å². The molecule has 0 bridgehead atoms. The predicted molar refractivity (Wildman–Crippen MR) is 129 cm³/mol. The highest BCUT2D eigenvalue weighted by Gasteiger charge is 2.44. The molecule has 1 aliphatic heterocycles. The summed E-state index contributed by atoms with van der Waals surface area (Å²) in [5.74, 6) is -3.11. The van der Waals surface area contributed by atoms with E-state index in [1.54, 1.807) is 18.2 Å². The van der Waals surface area contributed by atoms with E-state index in [0.29, 0.717) is 0 Å². The van der Waals surface area contributed by atoms with Crippen molar-refractivity contribution >= 4 is 13.7 Å². The molecule has 39 heavy (non-hydrogen) atoms. The number of aromatic amines is 1. The first-order valence-corrected chi connectivity index (χ1v) is 13.0. The van der Waals surface area contributed by atoms with Gasteiger partial charge < -0.3 is 39.5 Å². The van der Waals surface area contributed by atoms with Crippen LogP contribution in [0.25, 0.3) is 0 Å². The summed E-state index contributed by atoms with van der Waals surface area (Å²) in [6.07, 6.45) is -6.19. The van der Waals surface area contributed by atoms with Crippen LogP contribution in [0.3, 0.4) is 0 Å². The van der Waals surface area contributed by atoms with Crippen LogP contribution in [0.1, 0.15) is 17.6 Å². The quantitative estimate of drug-likeness (QED) is 0.209. The van der Waals surface area contributed by atoms with Crippen molar-refractivity contribution in [2.24, 2.45) is 0 Å². The zero-order valence-corrected chi connectivity index (χ0v) is 20.7. The van der Waals surface area contributed by atoms with E-state index in [4.69, 9.17) is 14.2 Å². The molecule has 0 radical (unpaired) electrons. The number of rotatable bonds is 8. The Morgan fingerprint density at radius 3 is 2.51 bits per heavy atom. The topological polar surface area (TPSA) is 210 Å². The molecule has 208 valence electrons. The molecule has 14 nitrogen and oxygen atoms in total. The number of hydrogen-bond acceptors (Lipinski definition) is 9. The monoisotopic (exact) mass is 567 g/mol. The van der Waals surface area contributed by atoms with Crippen molar-refractivity contribution < 1.29 is 48.0 Å². The van der Waals surface area contributed by atoms with Gasteiger partial charge in [0.05, 0.1) is 0 Å². The van der Waals surface area contributed by atoms with E-state index in [1.807, 2.05) is 4.98 Å². The van der Waals surface area contributed by atoms with Crippen LogP contribution in [0.2, 0.25) is 0 Å². The predicted octanol–water partition coefficient (Wildman–Crippen LogP) is 0.690. The van der Waals surface area contributed by atoms with Gasteiger partial charge in [-0.15, -0.1) is 0 Å². The van der Waals surface area contributed by atoms with Crippen molar-refractivity contribution in [3.8, 4) is 11.5 Å². The third-order valence-corrected chi connectivity index (χ3v) is 6.66. The Bertz CT molecular complexity index is 1490. The molecule has 1 saturated heterocycles. The van der Waals surface area contributed by atoms with E-state index in [0.717, 1.165) is 35.0 Å². The molecule has 1 aliphatic rings. The van der Waals surface area contributed by atoms with Crippen LogP contribution in [0.15, 0.2) is 70.4 Å². The lowest BCUT2D eigenvalue weighted by atomic mass is 10.1. The summed E-state index contributed by atoms with van der Waals surface area (Å²) in [6, 6.07) is 11.9. The van der Waals surface area contributed by atoms with Crippen molar-refractivity contribution in [2.45, 2.75) is 30.4 Å². The van der Waals surface area contributed by atoms with E-state index in [-0.39, 0.29) is 17.1 Å². The van der Waals surface area contributed by atoms with Gasteiger partial charge in [0.1, 0.15) is 24.1 Å². The Morgan fingerprint density at radius 1 is 1.13 bits per heavy atom. The number of ether oxygens (including phenoxy) is 3. The van der Waals surface area contributed by atoms with Crippen LogP contribution < -0.4 is 21.3 Å². The van der Waals surface area contributed by atoms with Gasteiger partial charge in [0.25, 0.3) is 5.56 Å². The average molecular weight is 567 g/mol. The number of H-pyrrole nitrogens is 1. The number of nitrogens with zero attached hydrogens (tertiary/aromatic N) is 1. The van der Waals surface area contributed by atoms with Gasteiger partial charge in [-0.25, -0.2) is 14.0 Å². The zero-order chi connectivity index (χ0) is 28.3. The fourth-order valence-electron chi connectivity index (χ4n) is 3.78. The minimum atomic E-state index is -5.15. The van der Waals surface area contributed by atoms with Crippen molar-refractivity contribution in [3.63, 3.8) is 0 Å². The second kappa shape index (κ2) is 11.5. The molecule has 3 aromatic rings. The highest BCUT2D eigenvalue weighted by atomic mass is 31.2. The first kappa shape index (κ1) is 28.2. The summed E-state index contributed by atoms with van der Waals surface area (Å²) in [6.45, 7) is -0.509. The molecule has 5 atom stereocenters. The van der Waals surface area contributed by atoms with Crippen LogP contribution in [-0.4, -0.2) is 60.5 Å². The highest BCUT2D eigenvalue weighted by Crippen LogP contribution is 2.53. The van der Waals surface area contributed by atoms with E-state index >= 15 is 0 Å².